The van der Waals surface area contributed by atoms with Crippen molar-refractivity contribution in [2.75, 3.05) is 62.3 Å². The Balaban J connectivity index is 1.39. The summed E-state index contributed by atoms with van der Waals surface area (Å²) < 4.78 is 6.04. The Kier molecular flexibility index (Phi) is 5.23. The summed E-state index contributed by atoms with van der Waals surface area (Å²) in [6.07, 6.45) is 1.79. The van der Waals surface area contributed by atoms with Crippen LogP contribution in [0.25, 0.3) is 0 Å². The number of hydrogen-bond acceptors (Lipinski definition) is 7. The number of thiophene rings is 1. The van der Waals surface area contributed by atoms with Gasteiger partial charge in [0.25, 0.3) is 5.91 Å². The molecule has 1 amide bonds. The average molecular weight is 394 g/mol. The Bertz CT molecular complexity index is 772. The highest BCUT2D eigenvalue weighted by Gasteiger charge is 2.24. The van der Waals surface area contributed by atoms with Crippen LogP contribution in [0.5, 0.6) is 0 Å². The summed E-state index contributed by atoms with van der Waals surface area (Å²) in [7, 11) is 0. The van der Waals surface area contributed by atoms with Gasteiger partial charge < -0.3 is 19.4 Å². The summed E-state index contributed by atoms with van der Waals surface area (Å²) >= 11 is 7.27. The molecule has 0 spiro atoms. The van der Waals surface area contributed by atoms with E-state index in [0.29, 0.717) is 22.3 Å². The molecule has 4 rings (SSSR count). The summed E-state index contributed by atoms with van der Waals surface area (Å²) in [4.78, 5) is 19.6. The molecule has 2 aliphatic rings. The number of carbonyl (C=O) groups excluding carboxylic acids is 1. The Morgan fingerprint density at radius 3 is 2.54 bits per heavy atom. The first-order valence-electron chi connectivity index (χ1n) is 8.66. The largest absolute Gasteiger partial charge is 0.378 e. The molecular formula is C17H20ClN5O2S. The van der Waals surface area contributed by atoms with Crippen LogP contribution in [0.1, 0.15) is 9.67 Å². The van der Waals surface area contributed by atoms with Crippen molar-refractivity contribution in [2.45, 2.75) is 0 Å². The van der Waals surface area contributed by atoms with E-state index in [0.717, 1.165) is 50.9 Å². The highest BCUT2D eigenvalue weighted by atomic mass is 35.5. The fourth-order valence-electron chi connectivity index (χ4n) is 3.22. The smallest absolute Gasteiger partial charge is 0.264 e. The lowest BCUT2D eigenvalue weighted by molar-refractivity contribution is 0.0751. The van der Waals surface area contributed by atoms with Crippen LogP contribution in [0, 0.1) is 0 Å². The number of piperazine rings is 1. The summed E-state index contributed by atoms with van der Waals surface area (Å²) in [5, 5.41) is 8.43. The molecule has 0 unspecified atom stereocenters. The lowest BCUT2D eigenvalue weighted by Gasteiger charge is -2.36. The van der Waals surface area contributed by atoms with Crippen LogP contribution in [0.2, 0.25) is 4.34 Å². The highest BCUT2D eigenvalue weighted by molar-refractivity contribution is 7.17. The molecule has 2 aromatic rings. The fraction of sp³-hybridized carbons (Fsp3) is 0.471. The first kappa shape index (κ1) is 17.5. The second-order valence-corrected chi connectivity index (χ2v) is 7.97. The first-order valence-corrected chi connectivity index (χ1v) is 9.85. The molecule has 0 aromatic carbocycles. The number of halogens is 1. The van der Waals surface area contributed by atoms with E-state index < -0.39 is 0 Å². The van der Waals surface area contributed by atoms with E-state index in [9.17, 15) is 4.79 Å². The van der Waals surface area contributed by atoms with Crippen molar-refractivity contribution in [1.82, 2.24) is 15.1 Å². The number of anilines is 2. The molecule has 0 atom stereocenters. The van der Waals surface area contributed by atoms with Crippen LogP contribution in [0.4, 0.5) is 11.5 Å². The van der Waals surface area contributed by atoms with Gasteiger partial charge in [0.2, 0.25) is 0 Å². The minimum Gasteiger partial charge on any atom is -0.378 e. The van der Waals surface area contributed by atoms with Crippen LogP contribution in [0.3, 0.4) is 0 Å². The van der Waals surface area contributed by atoms with Gasteiger partial charge in [0.15, 0.2) is 5.82 Å². The van der Waals surface area contributed by atoms with Gasteiger partial charge in [0.1, 0.15) is 0 Å². The van der Waals surface area contributed by atoms with Crippen molar-refractivity contribution >= 4 is 40.4 Å². The summed E-state index contributed by atoms with van der Waals surface area (Å²) in [6, 6.07) is 5.64. The van der Waals surface area contributed by atoms with Crippen molar-refractivity contribution in [3.8, 4) is 0 Å². The van der Waals surface area contributed by atoms with Gasteiger partial charge in [-0.1, -0.05) is 11.6 Å². The van der Waals surface area contributed by atoms with E-state index in [-0.39, 0.29) is 5.91 Å². The predicted octanol–water partition coefficient (Wildman–Crippen LogP) is 1.99. The molecule has 2 fully saturated rings. The molecule has 2 aliphatic heterocycles. The summed E-state index contributed by atoms with van der Waals surface area (Å²) in [6.45, 7) is 6.04. The van der Waals surface area contributed by atoms with Crippen LogP contribution >= 0.6 is 22.9 Å². The molecule has 0 aliphatic carbocycles. The number of morpholine rings is 1. The molecule has 4 heterocycles. The quantitative estimate of drug-likeness (QED) is 0.794. The lowest BCUT2D eigenvalue weighted by atomic mass is 10.2. The second kappa shape index (κ2) is 7.77. The van der Waals surface area contributed by atoms with Gasteiger partial charge >= 0.3 is 0 Å². The van der Waals surface area contributed by atoms with Crippen LogP contribution in [0.15, 0.2) is 24.4 Å². The van der Waals surface area contributed by atoms with Crippen molar-refractivity contribution < 1.29 is 9.53 Å². The molecule has 9 heteroatoms. The molecule has 0 saturated carbocycles. The zero-order valence-electron chi connectivity index (χ0n) is 14.3. The number of ether oxygens (including phenoxy) is 1. The lowest BCUT2D eigenvalue weighted by Crippen LogP contribution is -2.48. The standard InChI is InChI=1S/C17H20ClN5O2S/c18-15-2-1-14(26-15)17(24)23-5-3-21(4-6-23)13-11-16(20-19-12-13)22-7-9-25-10-8-22/h1-2,11-12H,3-10H2. The van der Waals surface area contributed by atoms with Gasteiger partial charge in [0, 0.05) is 45.3 Å². The number of rotatable bonds is 3. The van der Waals surface area contributed by atoms with E-state index in [4.69, 9.17) is 16.3 Å². The molecule has 2 saturated heterocycles. The van der Waals surface area contributed by atoms with Gasteiger partial charge in [-0.15, -0.1) is 16.4 Å². The molecular weight excluding hydrogens is 374 g/mol. The van der Waals surface area contributed by atoms with Gasteiger partial charge in [-0.3, -0.25) is 4.79 Å². The average Bonchev–Trinajstić information content (AvgIpc) is 3.15. The van der Waals surface area contributed by atoms with Crippen LogP contribution in [-0.2, 0) is 4.74 Å². The third kappa shape index (κ3) is 3.77. The molecule has 138 valence electrons. The molecule has 2 aromatic heterocycles. The molecule has 0 bridgehead atoms. The Morgan fingerprint density at radius 1 is 1.08 bits per heavy atom. The van der Waals surface area contributed by atoms with Crippen molar-refractivity contribution in [3.63, 3.8) is 0 Å². The molecule has 0 radical (unpaired) electrons. The number of nitrogens with zero attached hydrogens (tertiary/aromatic N) is 5. The van der Waals surface area contributed by atoms with E-state index in [1.807, 2.05) is 4.90 Å². The normalized spacial score (nSPS) is 18.3. The maximum absolute atomic E-state index is 12.5. The number of hydrogen-bond donors (Lipinski definition) is 0. The van der Waals surface area contributed by atoms with E-state index in [1.165, 1.54) is 11.3 Å². The third-order valence-corrected chi connectivity index (χ3v) is 5.90. The Morgan fingerprint density at radius 2 is 1.85 bits per heavy atom. The topological polar surface area (TPSA) is 61.8 Å². The summed E-state index contributed by atoms with van der Waals surface area (Å²) in [5.41, 5.74) is 1.05. The molecule has 0 N–H and O–H groups in total. The summed E-state index contributed by atoms with van der Waals surface area (Å²) in [5.74, 6) is 0.945. The van der Waals surface area contributed by atoms with Crippen molar-refractivity contribution in [2.24, 2.45) is 0 Å². The third-order valence-electron chi connectivity index (χ3n) is 4.68. The second-order valence-electron chi connectivity index (χ2n) is 6.25. The first-order chi connectivity index (χ1) is 12.7. The maximum Gasteiger partial charge on any atom is 0.264 e. The van der Waals surface area contributed by atoms with Gasteiger partial charge in [0.05, 0.1) is 34.3 Å². The minimum atomic E-state index is 0.0587. The van der Waals surface area contributed by atoms with Crippen molar-refractivity contribution in [3.05, 3.63) is 33.6 Å². The van der Waals surface area contributed by atoms with E-state index in [1.54, 1.807) is 18.3 Å². The predicted molar refractivity (Wildman–Crippen MR) is 103 cm³/mol. The fourth-order valence-corrected chi connectivity index (χ4v) is 4.23. The van der Waals surface area contributed by atoms with Gasteiger partial charge in [-0.25, -0.2) is 0 Å². The minimum absolute atomic E-state index is 0.0587. The van der Waals surface area contributed by atoms with Crippen molar-refractivity contribution in [1.29, 1.82) is 0 Å². The van der Waals surface area contributed by atoms with Crippen LogP contribution < -0.4 is 9.80 Å². The van der Waals surface area contributed by atoms with Gasteiger partial charge in [-0.2, -0.15) is 5.10 Å². The zero-order valence-corrected chi connectivity index (χ0v) is 15.9. The van der Waals surface area contributed by atoms with E-state index in [2.05, 4.69) is 26.1 Å². The van der Waals surface area contributed by atoms with Gasteiger partial charge in [-0.05, 0) is 12.1 Å². The maximum atomic E-state index is 12.5. The SMILES string of the molecule is O=C(c1ccc(Cl)s1)N1CCN(c2cnnc(N3CCOCC3)c2)CC1. The zero-order chi connectivity index (χ0) is 17.9. The molecule has 26 heavy (non-hydrogen) atoms. The number of carbonyl (C=O) groups is 1. The monoisotopic (exact) mass is 393 g/mol. The Hall–Kier alpha value is -1.90. The number of amides is 1. The van der Waals surface area contributed by atoms with E-state index >= 15 is 0 Å². The Labute approximate surface area is 161 Å². The number of aromatic nitrogens is 2. The molecule has 7 nitrogen and oxygen atoms in total. The highest BCUT2D eigenvalue weighted by Crippen LogP contribution is 2.25. The van der Waals surface area contributed by atoms with Crippen LogP contribution in [-0.4, -0.2) is 73.5 Å².